The van der Waals surface area contributed by atoms with E-state index in [0.29, 0.717) is 0 Å². The van der Waals surface area contributed by atoms with Crippen molar-refractivity contribution in [1.29, 1.82) is 0 Å². The van der Waals surface area contributed by atoms with E-state index in [0.717, 1.165) is 10.9 Å². The first kappa shape index (κ1) is 18.2. The van der Waals surface area contributed by atoms with Crippen LogP contribution >= 0.6 is 0 Å². The first-order valence-electron chi connectivity index (χ1n) is 9.40. The largest absolute Gasteiger partial charge is 0.480 e. The van der Waals surface area contributed by atoms with Gasteiger partial charge in [0.05, 0.1) is 6.04 Å². The zero-order valence-electron chi connectivity index (χ0n) is 15.6. The van der Waals surface area contributed by atoms with E-state index in [1.165, 1.54) is 26.9 Å². The van der Waals surface area contributed by atoms with Crippen molar-refractivity contribution in [3.05, 3.63) is 60.2 Å². The zero-order chi connectivity index (χ0) is 19.8. The number of hydrogen-bond donors (Lipinski definition) is 3. The fourth-order valence-corrected chi connectivity index (χ4v) is 3.94. The van der Waals surface area contributed by atoms with Crippen molar-refractivity contribution in [2.75, 3.05) is 0 Å². The van der Waals surface area contributed by atoms with Crippen molar-refractivity contribution in [2.24, 2.45) is 5.73 Å². The minimum Gasteiger partial charge on any atom is -0.480 e. The molecule has 0 unspecified atom stereocenters. The summed E-state index contributed by atoms with van der Waals surface area (Å²) >= 11 is 0. The minimum absolute atomic E-state index is 0.0869. The Balaban J connectivity index is 1.67. The lowest BCUT2D eigenvalue weighted by molar-refractivity contribution is -0.138. The van der Waals surface area contributed by atoms with E-state index >= 15 is 0 Å². The van der Waals surface area contributed by atoms with Gasteiger partial charge in [0.25, 0.3) is 0 Å². The van der Waals surface area contributed by atoms with E-state index in [9.17, 15) is 9.59 Å². The van der Waals surface area contributed by atoms with Crippen LogP contribution in [-0.2, 0) is 9.59 Å². The number of aliphatic carboxylic acids is 1. The summed E-state index contributed by atoms with van der Waals surface area (Å²) in [5.41, 5.74) is 6.53. The Morgan fingerprint density at radius 2 is 1.57 bits per heavy atom. The van der Waals surface area contributed by atoms with E-state index in [-0.39, 0.29) is 24.8 Å². The molecule has 1 amide bonds. The molecule has 0 aliphatic heterocycles. The number of amides is 1. The predicted molar refractivity (Wildman–Crippen MR) is 112 cm³/mol. The first-order chi connectivity index (χ1) is 13.5. The van der Waals surface area contributed by atoms with Crippen LogP contribution in [0.25, 0.3) is 32.3 Å². The molecule has 142 valence electrons. The Morgan fingerprint density at radius 3 is 2.25 bits per heavy atom. The predicted octanol–water partition coefficient (Wildman–Crippen LogP) is 3.95. The van der Waals surface area contributed by atoms with E-state index in [2.05, 4.69) is 59.9 Å². The molecular formula is C23H22N2O3. The third-order valence-corrected chi connectivity index (χ3v) is 5.41. The number of rotatable bonds is 6. The van der Waals surface area contributed by atoms with E-state index in [4.69, 9.17) is 10.8 Å². The molecule has 0 aliphatic carbocycles. The van der Waals surface area contributed by atoms with Gasteiger partial charge in [-0.1, -0.05) is 54.6 Å². The van der Waals surface area contributed by atoms with Crippen molar-refractivity contribution in [3.63, 3.8) is 0 Å². The summed E-state index contributed by atoms with van der Waals surface area (Å²) in [7, 11) is 0. The second-order valence-electron chi connectivity index (χ2n) is 7.28. The fraction of sp³-hybridized carbons (Fsp3) is 0.217. The topological polar surface area (TPSA) is 92.4 Å². The lowest BCUT2D eigenvalue weighted by Gasteiger charge is -2.19. The molecule has 5 nitrogen and oxygen atoms in total. The first-order valence-corrected chi connectivity index (χ1v) is 9.40. The van der Waals surface area contributed by atoms with Gasteiger partial charge in [0.15, 0.2) is 0 Å². The van der Waals surface area contributed by atoms with Gasteiger partial charge < -0.3 is 16.2 Å². The van der Waals surface area contributed by atoms with Gasteiger partial charge in [-0.3, -0.25) is 9.59 Å². The Kier molecular flexibility index (Phi) is 4.61. The fourth-order valence-electron chi connectivity index (χ4n) is 3.94. The number of carbonyl (C=O) groups excluding carboxylic acids is 1. The summed E-state index contributed by atoms with van der Waals surface area (Å²) in [5, 5.41) is 19.0. The average Bonchev–Trinajstić information content (AvgIpc) is 2.69. The standard InChI is InChI=1S/C23H22N2O3/c1-13(25-20(26)12-11-19(24)23(27)28)17-9-7-16-6-5-14-3-2-4-15-8-10-18(17)22(16)21(14)15/h2-10,13,19H,11-12,24H2,1H3,(H,25,26)(H,27,28)/t13-,19+/m1/s1. The van der Waals surface area contributed by atoms with Gasteiger partial charge in [-0.2, -0.15) is 0 Å². The monoisotopic (exact) mass is 374 g/mol. The van der Waals surface area contributed by atoms with Crippen LogP contribution in [0.15, 0.2) is 54.6 Å². The van der Waals surface area contributed by atoms with Crippen LogP contribution in [0.5, 0.6) is 0 Å². The smallest absolute Gasteiger partial charge is 0.320 e. The number of benzene rings is 4. The molecule has 2 atom stereocenters. The lowest BCUT2D eigenvalue weighted by Crippen LogP contribution is -2.33. The third kappa shape index (κ3) is 3.14. The van der Waals surface area contributed by atoms with Gasteiger partial charge >= 0.3 is 5.97 Å². The second-order valence-corrected chi connectivity index (χ2v) is 7.28. The van der Waals surface area contributed by atoms with Gasteiger partial charge in [-0.25, -0.2) is 0 Å². The average molecular weight is 374 g/mol. The number of carbonyl (C=O) groups is 2. The molecule has 0 fully saturated rings. The summed E-state index contributed by atoms with van der Waals surface area (Å²) in [6.45, 7) is 1.95. The van der Waals surface area contributed by atoms with E-state index < -0.39 is 12.0 Å². The van der Waals surface area contributed by atoms with Gasteiger partial charge in [0.2, 0.25) is 5.91 Å². The third-order valence-electron chi connectivity index (χ3n) is 5.41. The molecule has 4 aromatic carbocycles. The number of hydrogen-bond acceptors (Lipinski definition) is 3. The van der Waals surface area contributed by atoms with E-state index in [1.54, 1.807) is 0 Å². The summed E-state index contributed by atoms with van der Waals surface area (Å²) in [6.07, 6.45) is 0.204. The SMILES string of the molecule is C[C@@H](NC(=O)CC[C@H](N)C(=O)O)c1ccc2ccc3cccc4ccc1c2c34. The summed E-state index contributed by atoms with van der Waals surface area (Å²) < 4.78 is 0. The highest BCUT2D eigenvalue weighted by atomic mass is 16.4. The molecular weight excluding hydrogens is 352 g/mol. The molecule has 0 radical (unpaired) electrons. The van der Waals surface area contributed by atoms with Crippen LogP contribution < -0.4 is 11.1 Å². The van der Waals surface area contributed by atoms with Gasteiger partial charge in [-0.15, -0.1) is 0 Å². The molecule has 0 saturated heterocycles. The number of carboxylic acid groups (broad SMARTS) is 1. The highest BCUT2D eigenvalue weighted by molar-refractivity contribution is 6.23. The minimum atomic E-state index is -1.09. The zero-order valence-corrected chi connectivity index (χ0v) is 15.6. The molecule has 0 spiro atoms. The molecule has 0 aliphatic rings. The van der Waals surface area contributed by atoms with Crippen molar-refractivity contribution < 1.29 is 14.7 Å². The van der Waals surface area contributed by atoms with Gasteiger partial charge in [0.1, 0.15) is 6.04 Å². The molecule has 0 bridgehead atoms. The highest BCUT2D eigenvalue weighted by Gasteiger charge is 2.18. The Labute approximate surface area is 162 Å². The van der Waals surface area contributed by atoms with Crippen molar-refractivity contribution in [2.45, 2.75) is 31.8 Å². The number of nitrogens with two attached hydrogens (primary N) is 1. The Morgan fingerprint density at radius 1 is 0.964 bits per heavy atom. The summed E-state index contributed by atoms with van der Waals surface area (Å²) in [5.74, 6) is -1.29. The van der Waals surface area contributed by atoms with Crippen molar-refractivity contribution >= 4 is 44.2 Å². The molecule has 5 heteroatoms. The van der Waals surface area contributed by atoms with Crippen LogP contribution in [-0.4, -0.2) is 23.0 Å². The molecule has 0 saturated carbocycles. The Bertz CT molecular complexity index is 1170. The quantitative estimate of drug-likeness (QED) is 0.446. The Hall–Kier alpha value is -3.18. The maximum Gasteiger partial charge on any atom is 0.320 e. The van der Waals surface area contributed by atoms with Crippen molar-refractivity contribution in [3.8, 4) is 0 Å². The number of carboxylic acids is 1. The summed E-state index contributed by atoms with van der Waals surface area (Å²) in [6, 6.07) is 17.7. The van der Waals surface area contributed by atoms with Crippen LogP contribution in [0.4, 0.5) is 0 Å². The normalized spacial score (nSPS) is 13.8. The molecule has 4 aromatic rings. The highest BCUT2D eigenvalue weighted by Crippen LogP contribution is 2.37. The van der Waals surface area contributed by atoms with Crippen LogP contribution in [0, 0.1) is 0 Å². The molecule has 0 aromatic heterocycles. The van der Waals surface area contributed by atoms with Gasteiger partial charge in [0, 0.05) is 6.42 Å². The van der Waals surface area contributed by atoms with Crippen LogP contribution in [0.3, 0.4) is 0 Å². The van der Waals surface area contributed by atoms with Gasteiger partial charge in [-0.05, 0) is 51.2 Å². The van der Waals surface area contributed by atoms with Crippen LogP contribution in [0.2, 0.25) is 0 Å². The summed E-state index contributed by atoms with van der Waals surface area (Å²) in [4.78, 5) is 23.1. The van der Waals surface area contributed by atoms with E-state index in [1.807, 2.05) is 6.92 Å². The van der Waals surface area contributed by atoms with Crippen molar-refractivity contribution in [1.82, 2.24) is 5.32 Å². The maximum absolute atomic E-state index is 12.3. The lowest BCUT2D eigenvalue weighted by atomic mass is 9.90. The van der Waals surface area contributed by atoms with Crippen LogP contribution in [0.1, 0.15) is 31.4 Å². The molecule has 28 heavy (non-hydrogen) atoms. The molecule has 0 heterocycles. The molecule has 4 rings (SSSR count). The second kappa shape index (κ2) is 7.09. The molecule has 4 N–H and O–H groups in total. The maximum atomic E-state index is 12.3. The number of nitrogens with one attached hydrogen (secondary N) is 1.